The first-order chi connectivity index (χ1) is 16.7. The van der Waals surface area contributed by atoms with Gasteiger partial charge in [-0.25, -0.2) is 8.42 Å². The normalized spacial score (nSPS) is 11.8. The molecule has 35 heavy (non-hydrogen) atoms. The van der Waals surface area contributed by atoms with Crippen molar-refractivity contribution < 1.29 is 22.6 Å². The van der Waals surface area contributed by atoms with E-state index < -0.39 is 10.1 Å². The summed E-state index contributed by atoms with van der Waals surface area (Å²) in [5.74, 6) is -0.0707. The van der Waals surface area contributed by atoms with Crippen LogP contribution in [0.2, 0.25) is 0 Å². The van der Waals surface area contributed by atoms with Gasteiger partial charge in [-0.05, 0) is 42.8 Å². The molecule has 3 rings (SSSR count). The molecule has 0 unspecified atom stereocenters. The quantitative estimate of drug-likeness (QED) is 0.218. The first-order valence-electron chi connectivity index (χ1n) is 12.8. The molecule has 0 aromatic heterocycles. The Bertz CT molecular complexity index is 1110. The third kappa shape index (κ3) is 9.28. The lowest BCUT2D eigenvalue weighted by molar-refractivity contribution is -0.941. The molecular formula is C29H41NO4S. The molecular weight excluding hydrogens is 458 g/mol. The zero-order valence-corrected chi connectivity index (χ0v) is 22.3. The Labute approximate surface area is 211 Å². The summed E-state index contributed by atoms with van der Waals surface area (Å²) in [4.78, 5) is -0.309. The fourth-order valence-corrected chi connectivity index (χ4v) is 5.17. The number of hydrogen-bond acceptors (Lipinski definition) is 4. The number of fused-ring (bicyclic) bond motifs is 1. The van der Waals surface area contributed by atoms with E-state index in [1.165, 1.54) is 99.0 Å². The van der Waals surface area contributed by atoms with Crippen LogP contribution in [0, 0.1) is 0 Å². The molecule has 0 aliphatic rings. The van der Waals surface area contributed by atoms with E-state index in [4.69, 9.17) is 0 Å². The molecule has 0 aliphatic heterocycles. The molecule has 0 heterocycles. The van der Waals surface area contributed by atoms with Crippen molar-refractivity contribution in [2.45, 2.75) is 70.7 Å². The lowest BCUT2D eigenvalue weighted by Gasteiger charge is -2.39. The fraction of sp³-hybridized carbons (Fsp3) is 0.448. The van der Waals surface area contributed by atoms with Crippen molar-refractivity contribution in [3.05, 3.63) is 72.3 Å². The molecule has 0 atom stereocenters. The zero-order valence-electron chi connectivity index (χ0n) is 21.4. The summed E-state index contributed by atoms with van der Waals surface area (Å²) in [5.41, 5.74) is 1.51. The summed E-state index contributed by atoms with van der Waals surface area (Å²) in [6.45, 7) is 12.2. The third-order valence-corrected chi connectivity index (χ3v) is 7.31. The highest BCUT2D eigenvalue weighted by Crippen LogP contribution is 2.26. The first-order valence-corrected chi connectivity index (χ1v) is 14.2. The molecule has 3 aromatic rings. The number of rotatable bonds is 12. The van der Waals surface area contributed by atoms with Crippen LogP contribution in [0.5, 0.6) is 5.75 Å². The van der Waals surface area contributed by atoms with Crippen LogP contribution in [0.3, 0.4) is 0 Å². The van der Waals surface area contributed by atoms with Crippen LogP contribution in [-0.2, 0) is 16.7 Å². The van der Waals surface area contributed by atoms with Crippen molar-refractivity contribution >= 4 is 20.9 Å². The van der Waals surface area contributed by atoms with Crippen molar-refractivity contribution in [2.75, 3.05) is 19.6 Å². The predicted molar refractivity (Wildman–Crippen MR) is 143 cm³/mol. The Kier molecular flexibility index (Phi) is 11.7. The number of benzene rings is 3. The molecule has 1 N–H and O–H groups in total. The van der Waals surface area contributed by atoms with Crippen LogP contribution >= 0.6 is 0 Å². The van der Waals surface area contributed by atoms with Crippen LogP contribution in [0.25, 0.3) is 10.8 Å². The Morgan fingerprint density at radius 3 is 1.86 bits per heavy atom. The van der Waals surface area contributed by atoms with Crippen LogP contribution in [-0.4, -0.2) is 42.2 Å². The van der Waals surface area contributed by atoms with Gasteiger partial charge in [-0.3, -0.25) is 0 Å². The number of nitrogens with zero attached hydrogens (tertiary/aromatic N) is 1. The number of hydrogen-bond donors (Lipinski definition) is 1. The lowest BCUT2D eigenvalue weighted by atomic mass is 10.1. The summed E-state index contributed by atoms with van der Waals surface area (Å²) < 4.78 is 34.1. The van der Waals surface area contributed by atoms with Gasteiger partial charge in [-0.1, -0.05) is 88.6 Å². The van der Waals surface area contributed by atoms with Crippen molar-refractivity contribution in [3.8, 4) is 5.75 Å². The van der Waals surface area contributed by atoms with Gasteiger partial charge in [0.15, 0.2) is 0 Å². The second kappa shape index (κ2) is 14.2. The van der Waals surface area contributed by atoms with E-state index >= 15 is 0 Å². The minimum absolute atomic E-state index is 0.0707. The maximum absolute atomic E-state index is 10.9. The van der Waals surface area contributed by atoms with Gasteiger partial charge < -0.3 is 14.1 Å². The number of quaternary nitrogens is 1. The van der Waals surface area contributed by atoms with Gasteiger partial charge in [0.25, 0.3) is 0 Å². The van der Waals surface area contributed by atoms with E-state index in [0.29, 0.717) is 5.39 Å². The first kappa shape index (κ1) is 28.8. The molecule has 0 radical (unpaired) electrons. The maximum atomic E-state index is 10.9. The molecule has 0 amide bonds. The lowest BCUT2D eigenvalue weighted by Crippen LogP contribution is -2.49. The Hall–Kier alpha value is -2.41. The SMILES string of the molecule is CCCC[N+](CCCC)(CCCC)Cc1ccccc1.O=S(=O)([O-])c1cccc2ccc(O)cc12. The van der Waals surface area contributed by atoms with E-state index in [-0.39, 0.29) is 16.0 Å². The Morgan fingerprint density at radius 2 is 1.34 bits per heavy atom. The topological polar surface area (TPSA) is 77.4 Å². The minimum atomic E-state index is -4.51. The van der Waals surface area contributed by atoms with Gasteiger partial charge in [0.2, 0.25) is 0 Å². The highest BCUT2D eigenvalue weighted by Gasteiger charge is 2.26. The molecule has 192 valence electrons. The smallest absolute Gasteiger partial charge is 0.125 e. The second-order valence-electron chi connectivity index (χ2n) is 9.33. The number of phenolic OH excluding ortho intramolecular Hbond substituents is 1. The fourth-order valence-electron chi connectivity index (χ4n) is 4.47. The summed E-state index contributed by atoms with van der Waals surface area (Å²) in [7, 11) is -4.51. The molecule has 6 heteroatoms. The Morgan fingerprint density at radius 1 is 0.771 bits per heavy atom. The molecule has 0 saturated carbocycles. The summed E-state index contributed by atoms with van der Waals surface area (Å²) in [6, 6.07) is 19.7. The van der Waals surface area contributed by atoms with E-state index in [1.54, 1.807) is 12.1 Å². The number of unbranched alkanes of at least 4 members (excludes halogenated alkanes) is 3. The van der Waals surface area contributed by atoms with Gasteiger partial charge in [-0.15, -0.1) is 0 Å². The van der Waals surface area contributed by atoms with E-state index in [0.717, 1.165) is 0 Å². The third-order valence-electron chi connectivity index (χ3n) is 6.41. The molecule has 0 spiro atoms. The second-order valence-corrected chi connectivity index (χ2v) is 10.7. The molecule has 5 nitrogen and oxygen atoms in total. The minimum Gasteiger partial charge on any atom is -0.744 e. The van der Waals surface area contributed by atoms with E-state index in [1.807, 2.05) is 0 Å². The molecule has 0 bridgehead atoms. The van der Waals surface area contributed by atoms with Crippen molar-refractivity contribution in [2.24, 2.45) is 0 Å². The average molecular weight is 500 g/mol. The van der Waals surface area contributed by atoms with Crippen molar-refractivity contribution in [3.63, 3.8) is 0 Å². The highest BCUT2D eigenvalue weighted by atomic mass is 32.2. The van der Waals surface area contributed by atoms with Gasteiger partial charge in [-0.2, -0.15) is 0 Å². The molecule has 3 aromatic carbocycles. The van der Waals surface area contributed by atoms with Crippen LogP contribution in [0.1, 0.15) is 64.9 Å². The summed E-state index contributed by atoms with van der Waals surface area (Å²) in [6.07, 6.45) is 8.02. The summed E-state index contributed by atoms with van der Waals surface area (Å²) >= 11 is 0. The Balaban J connectivity index is 0.000000256. The van der Waals surface area contributed by atoms with Gasteiger partial charge >= 0.3 is 0 Å². The predicted octanol–water partition coefficient (Wildman–Crippen LogP) is 6.85. The van der Waals surface area contributed by atoms with Gasteiger partial charge in [0.05, 0.1) is 24.5 Å². The molecule has 0 fully saturated rings. The van der Waals surface area contributed by atoms with Crippen molar-refractivity contribution in [1.29, 1.82) is 0 Å². The number of phenols is 1. The monoisotopic (exact) mass is 499 g/mol. The van der Waals surface area contributed by atoms with Crippen LogP contribution < -0.4 is 0 Å². The maximum Gasteiger partial charge on any atom is 0.125 e. The molecule has 0 aliphatic carbocycles. The van der Waals surface area contributed by atoms with Gasteiger partial charge in [0, 0.05) is 10.9 Å². The zero-order chi connectivity index (χ0) is 25.7. The highest BCUT2D eigenvalue weighted by molar-refractivity contribution is 7.86. The van der Waals surface area contributed by atoms with E-state index in [9.17, 15) is 18.1 Å². The number of aromatic hydroxyl groups is 1. The van der Waals surface area contributed by atoms with Crippen molar-refractivity contribution in [1.82, 2.24) is 0 Å². The average Bonchev–Trinajstić information content (AvgIpc) is 2.85. The standard InChI is InChI=1S/C19H34N.C10H8O4S/c1-4-7-15-20(16-8-5-2,17-9-6-3)18-19-13-11-10-12-14-19;11-8-5-4-7-2-1-3-10(9(7)6-8)15(12,13)14/h10-14H,4-9,15-18H2,1-3H3;1-6,11H,(H,12,13,14)/q+1;/p-1. The summed E-state index contributed by atoms with van der Waals surface area (Å²) in [5, 5.41) is 10.1. The van der Waals surface area contributed by atoms with E-state index in [2.05, 4.69) is 51.1 Å². The van der Waals surface area contributed by atoms with Crippen LogP contribution in [0.4, 0.5) is 0 Å². The largest absolute Gasteiger partial charge is 0.744 e. The molecule has 0 saturated heterocycles. The van der Waals surface area contributed by atoms with Gasteiger partial charge in [0.1, 0.15) is 22.4 Å². The van der Waals surface area contributed by atoms with Crippen LogP contribution in [0.15, 0.2) is 71.6 Å².